The molecule has 1 unspecified atom stereocenters. The summed E-state index contributed by atoms with van der Waals surface area (Å²) in [6.07, 6.45) is -3.28. The molecule has 0 saturated carbocycles. The van der Waals surface area contributed by atoms with Gasteiger partial charge in [-0.25, -0.2) is 8.78 Å². The summed E-state index contributed by atoms with van der Waals surface area (Å²) in [6, 6.07) is 4.33. The standard InChI is InChI=1S/C25H20F5N5OS2/c1-35(11-4-3-7-37-10-11)23-13-8-15(25(28,29)30)18(19(27)20(13)33-24(34-23)36-2)12-5-6-16(26)21-17(12)14(9-31)22(32)38-21/h5-6,8,11H,3-4,7,10,32H2,1-2H3. The number of halogens is 5. The van der Waals surface area contributed by atoms with Crippen LogP contribution in [-0.2, 0) is 6.18 Å². The van der Waals surface area contributed by atoms with Gasteiger partial charge in [-0.15, -0.1) is 11.3 Å². The Balaban J connectivity index is 1.88. The minimum Gasteiger partial charge on any atom is -0.467 e. The molecule has 4 aromatic rings. The third kappa shape index (κ3) is 4.25. The molecule has 0 aliphatic carbocycles. The van der Waals surface area contributed by atoms with Crippen molar-refractivity contribution in [2.24, 2.45) is 0 Å². The number of nitrogens with zero attached hydrogens (tertiary/aromatic N) is 4. The van der Waals surface area contributed by atoms with Crippen LogP contribution in [0.15, 0.2) is 18.2 Å². The van der Waals surface area contributed by atoms with E-state index in [0.717, 1.165) is 42.5 Å². The molecule has 0 bridgehead atoms. The molecule has 5 rings (SSSR count). The Morgan fingerprint density at radius 3 is 2.63 bits per heavy atom. The second-order valence-electron chi connectivity index (χ2n) is 8.78. The van der Waals surface area contributed by atoms with Crippen molar-refractivity contribution < 1.29 is 26.7 Å². The van der Waals surface area contributed by atoms with E-state index in [1.165, 1.54) is 7.11 Å². The van der Waals surface area contributed by atoms with Crippen LogP contribution in [0.25, 0.3) is 32.1 Å². The lowest BCUT2D eigenvalue weighted by Crippen LogP contribution is -2.36. The first-order chi connectivity index (χ1) is 18.1. The van der Waals surface area contributed by atoms with Gasteiger partial charge in [-0.1, -0.05) is 6.07 Å². The summed E-state index contributed by atoms with van der Waals surface area (Å²) in [5, 5.41) is 9.22. The first kappa shape index (κ1) is 26.2. The number of rotatable bonds is 4. The molecule has 13 heteroatoms. The van der Waals surface area contributed by atoms with Gasteiger partial charge in [0.05, 0.1) is 22.9 Å². The van der Waals surface area contributed by atoms with E-state index < -0.39 is 28.9 Å². The van der Waals surface area contributed by atoms with E-state index in [1.54, 1.807) is 23.7 Å². The number of anilines is 2. The molecule has 198 valence electrons. The summed E-state index contributed by atoms with van der Waals surface area (Å²) in [5.74, 6) is -0.240. The molecule has 1 saturated heterocycles. The van der Waals surface area contributed by atoms with Gasteiger partial charge in [-0.3, -0.25) is 0 Å². The van der Waals surface area contributed by atoms with Crippen molar-refractivity contribution in [3.8, 4) is 23.2 Å². The molecule has 2 aromatic carbocycles. The van der Waals surface area contributed by atoms with E-state index in [4.69, 9.17) is 10.5 Å². The average molecular weight is 566 g/mol. The molecule has 1 aliphatic rings. The molecular weight excluding hydrogens is 545 g/mol. The number of ether oxygens (including phenoxy) is 1. The van der Waals surface area contributed by atoms with Crippen LogP contribution in [0.1, 0.15) is 24.0 Å². The van der Waals surface area contributed by atoms with Crippen molar-refractivity contribution in [3.05, 3.63) is 41.0 Å². The number of hydrogen-bond acceptors (Lipinski definition) is 8. The molecule has 0 amide bonds. The highest BCUT2D eigenvalue weighted by Gasteiger charge is 2.38. The van der Waals surface area contributed by atoms with Gasteiger partial charge in [0, 0.05) is 35.2 Å². The third-order valence-electron chi connectivity index (χ3n) is 6.60. The minimum absolute atomic E-state index is 0.0303. The molecule has 3 heterocycles. The molecule has 0 spiro atoms. The van der Waals surface area contributed by atoms with E-state index in [0.29, 0.717) is 11.3 Å². The minimum atomic E-state index is -5.00. The zero-order chi connectivity index (χ0) is 27.4. The van der Waals surface area contributed by atoms with Crippen molar-refractivity contribution in [1.82, 2.24) is 9.97 Å². The van der Waals surface area contributed by atoms with Gasteiger partial charge in [-0.2, -0.15) is 40.2 Å². The number of nitrogens with two attached hydrogens (primary N) is 1. The lowest BCUT2D eigenvalue weighted by Gasteiger charge is -2.32. The van der Waals surface area contributed by atoms with Gasteiger partial charge in [-0.05, 0) is 36.3 Å². The van der Waals surface area contributed by atoms with Gasteiger partial charge in [0.1, 0.15) is 28.2 Å². The number of thiophene rings is 1. The fourth-order valence-electron chi connectivity index (χ4n) is 4.75. The molecule has 2 aromatic heterocycles. The molecule has 1 aliphatic heterocycles. The molecule has 2 N–H and O–H groups in total. The quantitative estimate of drug-likeness (QED) is 0.279. The summed E-state index contributed by atoms with van der Waals surface area (Å²) >= 11 is 2.43. The van der Waals surface area contributed by atoms with E-state index in [9.17, 15) is 22.8 Å². The van der Waals surface area contributed by atoms with Gasteiger partial charge in [0.15, 0.2) is 5.82 Å². The van der Waals surface area contributed by atoms with Gasteiger partial charge in [0.25, 0.3) is 0 Å². The molecule has 1 atom stereocenters. The van der Waals surface area contributed by atoms with Crippen LogP contribution >= 0.6 is 23.1 Å². The number of thioether (sulfide) groups is 1. The van der Waals surface area contributed by atoms with E-state index in [2.05, 4.69) is 9.97 Å². The Bertz CT molecular complexity index is 1610. The Morgan fingerprint density at radius 1 is 1.24 bits per heavy atom. The van der Waals surface area contributed by atoms with Gasteiger partial charge in [0.2, 0.25) is 0 Å². The van der Waals surface area contributed by atoms with Crippen LogP contribution in [0.2, 0.25) is 0 Å². The predicted molar refractivity (Wildman–Crippen MR) is 140 cm³/mol. The number of nitrogen functional groups attached to an aromatic ring is 1. The highest BCUT2D eigenvalue weighted by atomic mass is 32.2. The number of fused-ring (bicyclic) bond motifs is 2. The third-order valence-corrected chi connectivity index (χ3v) is 8.82. The zero-order valence-corrected chi connectivity index (χ0v) is 21.8. The van der Waals surface area contributed by atoms with Crippen molar-refractivity contribution in [2.45, 2.75) is 25.1 Å². The maximum Gasteiger partial charge on any atom is 0.417 e. The molecule has 0 radical (unpaired) electrons. The molecular formula is C25H20F5N5OS2. The summed E-state index contributed by atoms with van der Waals surface area (Å²) in [6.45, 7) is 0. The van der Waals surface area contributed by atoms with Crippen LogP contribution in [0.5, 0.6) is 6.01 Å². The number of nitriles is 1. The maximum atomic E-state index is 16.3. The SMILES string of the molecule is COc1nc(N(C)C2CCCSC2)c2cc(C(F)(F)F)c(-c3ccc(F)c4sc(N)c(C#N)c34)c(F)c2n1. The summed E-state index contributed by atoms with van der Waals surface area (Å²) in [7, 11) is 2.98. The van der Waals surface area contributed by atoms with Gasteiger partial charge >= 0.3 is 12.2 Å². The van der Waals surface area contributed by atoms with Crippen LogP contribution in [0, 0.1) is 23.0 Å². The van der Waals surface area contributed by atoms with Crippen LogP contribution in [0.3, 0.4) is 0 Å². The Kier molecular flexibility index (Phi) is 6.73. The maximum absolute atomic E-state index is 16.3. The zero-order valence-electron chi connectivity index (χ0n) is 20.1. The number of benzene rings is 2. The van der Waals surface area contributed by atoms with Crippen molar-refractivity contribution in [3.63, 3.8) is 0 Å². The van der Waals surface area contributed by atoms with Gasteiger partial charge < -0.3 is 15.4 Å². The Hall–Kier alpha value is -3.37. The molecule has 38 heavy (non-hydrogen) atoms. The number of hydrogen-bond donors (Lipinski definition) is 1. The van der Waals surface area contributed by atoms with Crippen molar-refractivity contribution in [2.75, 3.05) is 36.3 Å². The lowest BCUT2D eigenvalue weighted by molar-refractivity contribution is -0.137. The summed E-state index contributed by atoms with van der Waals surface area (Å²) in [5.41, 5.74) is 2.79. The fourth-order valence-corrected chi connectivity index (χ4v) is 6.90. The average Bonchev–Trinajstić information content (AvgIpc) is 3.25. The number of methoxy groups -OCH3 is 1. The number of alkyl halides is 3. The van der Waals surface area contributed by atoms with E-state index in [-0.39, 0.29) is 55.0 Å². The summed E-state index contributed by atoms with van der Waals surface area (Å²) < 4.78 is 79.6. The second-order valence-corrected chi connectivity index (χ2v) is 11.0. The smallest absolute Gasteiger partial charge is 0.417 e. The predicted octanol–water partition coefficient (Wildman–Crippen LogP) is 6.60. The molecule has 1 fully saturated rings. The largest absolute Gasteiger partial charge is 0.467 e. The van der Waals surface area contributed by atoms with E-state index >= 15 is 4.39 Å². The first-order valence-corrected chi connectivity index (χ1v) is 13.4. The highest BCUT2D eigenvalue weighted by molar-refractivity contribution is 7.99. The fraction of sp³-hybridized carbons (Fsp3) is 0.320. The monoisotopic (exact) mass is 565 g/mol. The first-order valence-electron chi connectivity index (χ1n) is 11.4. The topological polar surface area (TPSA) is 88.1 Å². The number of aromatic nitrogens is 2. The Morgan fingerprint density at radius 2 is 2.00 bits per heavy atom. The normalized spacial score (nSPS) is 16.1. The van der Waals surface area contributed by atoms with Crippen LogP contribution in [-0.4, -0.2) is 41.7 Å². The van der Waals surface area contributed by atoms with Crippen LogP contribution in [0.4, 0.5) is 32.8 Å². The lowest BCUT2D eigenvalue weighted by atomic mass is 9.92. The van der Waals surface area contributed by atoms with Crippen molar-refractivity contribution in [1.29, 1.82) is 5.26 Å². The summed E-state index contributed by atoms with van der Waals surface area (Å²) in [4.78, 5) is 10.1. The highest BCUT2D eigenvalue weighted by Crippen LogP contribution is 2.48. The second kappa shape index (κ2) is 9.74. The Labute approximate surface area is 222 Å². The van der Waals surface area contributed by atoms with Crippen molar-refractivity contribution >= 4 is 54.9 Å². The molecule has 6 nitrogen and oxygen atoms in total. The van der Waals surface area contributed by atoms with Crippen LogP contribution < -0.4 is 15.4 Å². The van der Waals surface area contributed by atoms with E-state index in [1.807, 2.05) is 6.07 Å².